The Morgan fingerprint density at radius 2 is 1.43 bits per heavy atom. The molecule has 0 atom stereocenters. The molecule has 0 saturated carbocycles. The molecule has 0 rings (SSSR count). The standard InChI is InChI=1S/C4H9F2N/c5-1-3-7-4-2-6/h7H,1-4H2/p+1. The normalized spacial score (nSPS) is 9.43. The van der Waals surface area contributed by atoms with Gasteiger partial charge >= 0.3 is 0 Å². The van der Waals surface area contributed by atoms with Crippen molar-refractivity contribution in [3.05, 3.63) is 0 Å². The first-order valence-electron chi connectivity index (χ1n) is 2.35. The van der Waals surface area contributed by atoms with Crippen LogP contribution in [0.1, 0.15) is 0 Å². The molecule has 0 spiro atoms. The molecular weight excluding hydrogens is 100 g/mol. The molecule has 44 valence electrons. The quantitative estimate of drug-likeness (QED) is 0.469. The maximum absolute atomic E-state index is 11.2. The fraction of sp³-hybridized carbons (Fsp3) is 1.00. The van der Waals surface area contributed by atoms with Gasteiger partial charge < -0.3 is 5.32 Å². The lowest BCUT2D eigenvalue weighted by atomic mass is 10.6. The summed E-state index contributed by atoms with van der Waals surface area (Å²) in [6.45, 7) is 0.0633. The zero-order valence-corrected chi connectivity index (χ0v) is 4.16. The Morgan fingerprint density at radius 3 is 1.71 bits per heavy atom. The molecule has 1 nitrogen and oxygen atoms in total. The second-order valence-electron chi connectivity index (χ2n) is 1.24. The van der Waals surface area contributed by atoms with Gasteiger partial charge in [0.05, 0.1) is 0 Å². The zero-order chi connectivity index (χ0) is 5.54. The van der Waals surface area contributed by atoms with E-state index in [0.29, 0.717) is 13.1 Å². The van der Waals surface area contributed by atoms with Crippen molar-refractivity contribution in [3.63, 3.8) is 0 Å². The molecule has 0 aromatic heterocycles. The molecule has 0 unspecified atom stereocenters. The Kier molecular flexibility index (Phi) is 5.67. The molecule has 0 bridgehead atoms. The van der Waals surface area contributed by atoms with Gasteiger partial charge in [-0.05, 0) is 0 Å². The van der Waals surface area contributed by atoms with Gasteiger partial charge in [-0.25, -0.2) is 8.78 Å². The Morgan fingerprint density at radius 1 is 1.00 bits per heavy atom. The van der Waals surface area contributed by atoms with Gasteiger partial charge in [0.2, 0.25) is 0 Å². The van der Waals surface area contributed by atoms with Crippen LogP contribution in [0.3, 0.4) is 0 Å². The van der Waals surface area contributed by atoms with E-state index >= 15 is 0 Å². The Hall–Kier alpha value is -0.180. The highest BCUT2D eigenvalue weighted by Crippen LogP contribution is 1.55. The molecule has 0 radical (unpaired) electrons. The molecule has 0 aromatic carbocycles. The summed E-state index contributed by atoms with van der Waals surface area (Å²) in [5.74, 6) is 0. The maximum atomic E-state index is 11.2. The summed E-state index contributed by atoms with van der Waals surface area (Å²) in [5.41, 5.74) is 0. The number of rotatable bonds is 4. The molecule has 0 heterocycles. The molecule has 0 aromatic rings. The van der Waals surface area contributed by atoms with E-state index in [1.807, 2.05) is 0 Å². The van der Waals surface area contributed by atoms with E-state index in [2.05, 4.69) is 0 Å². The van der Waals surface area contributed by atoms with Gasteiger partial charge in [0.25, 0.3) is 0 Å². The molecule has 0 aliphatic rings. The number of hydrogen-bond acceptors (Lipinski definition) is 0. The van der Waals surface area contributed by atoms with Crippen LogP contribution in [0.5, 0.6) is 0 Å². The number of halogens is 2. The highest BCUT2D eigenvalue weighted by atomic mass is 19.1. The summed E-state index contributed by atoms with van der Waals surface area (Å²) < 4.78 is 22.3. The molecule has 3 heteroatoms. The third-order valence-electron chi connectivity index (χ3n) is 0.626. The summed E-state index contributed by atoms with van der Waals surface area (Å²) in [6, 6.07) is 0. The van der Waals surface area contributed by atoms with Crippen molar-refractivity contribution in [1.82, 2.24) is 0 Å². The van der Waals surface area contributed by atoms with Crippen LogP contribution in [0, 0.1) is 0 Å². The predicted octanol–water partition coefficient (Wildman–Crippen LogP) is -0.511. The van der Waals surface area contributed by atoms with E-state index < -0.39 is 0 Å². The lowest BCUT2D eigenvalue weighted by Crippen LogP contribution is -2.85. The molecular formula is C4H10F2N+. The molecule has 0 aliphatic heterocycles. The SMILES string of the molecule is FCC[NH2+]CCF. The van der Waals surface area contributed by atoms with E-state index in [0.717, 1.165) is 0 Å². The van der Waals surface area contributed by atoms with Gasteiger partial charge in [0.1, 0.15) is 26.4 Å². The van der Waals surface area contributed by atoms with Crippen LogP contribution in [0.25, 0.3) is 0 Å². The van der Waals surface area contributed by atoms with Crippen molar-refractivity contribution in [2.24, 2.45) is 0 Å². The zero-order valence-electron chi connectivity index (χ0n) is 4.16. The van der Waals surface area contributed by atoms with Crippen LogP contribution in [0.4, 0.5) is 8.78 Å². The molecule has 2 N–H and O–H groups in total. The van der Waals surface area contributed by atoms with Crippen molar-refractivity contribution in [1.29, 1.82) is 0 Å². The average Bonchev–Trinajstić information content (AvgIpc) is 1.69. The van der Waals surface area contributed by atoms with Gasteiger partial charge in [0, 0.05) is 0 Å². The average molecular weight is 110 g/mol. The minimum Gasteiger partial charge on any atom is -0.342 e. The largest absolute Gasteiger partial charge is 0.342 e. The lowest BCUT2D eigenvalue weighted by Gasteiger charge is -1.89. The second kappa shape index (κ2) is 5.82. The van der Waals surface area contributed by atoms with Gasteiger partial charge in [0.15, 0.2) is 0 Å². The van der Waals surface area contributed by atoms with E-state index in [1.165, 1.54) is 0 Å². The minimum absolute atomic E-state index is 0.361. The highest BCUT2D eigenvalue weighted by molar-refractivity contribution is 4.16. The number of nitrogens with two attached hydrogens (primary N) is 1. The Bertz CT molecular complexity index is 28.9. The topological polar surface area (TPSA) is 16.6 Å². The molecule has 7 heavy (non-hydrogen) atoms. The third-order valence-corrected chi connectivity index (χ3v) is 0.626. The van der Waals surface area contributed by atoms with Crippen molar-refractivity contribution < 1.29 is 14.1 Å². The van der Waals surface area contributed by atoms with Crippen LogP contribution < -0.4 is 5.32 Å². The first-order valence-corrected chi connectivity index (χ1v) is 2.35. The predicted molar refractivity (Wildman–Crippen MR) is 23.6 cm³/mol. The Labute approximate surface area is 41.7 Å². The van der Waals surface area contributed by atoms with Crippen molar-refractivity contribution in [2.45, 2.75) is 0 Å². The molecule has 0 amide bonds. The smallest absolute Gasteiger partial charge is 0.138 e. The number of alkyl halides is 2. The molecule has 0 saturated heterocycles. The summed E-state index contributed by atoms with van der Waals surface area (Å²) >= 11 is 0. The summed E-state index contributed by atoms with van der Waals surface area (Å²) in [4.78, 5) is 0. The maximum Gasteiger partial charge on any atom is 0.138 e. The van der Waals surface area contributed by atoms with Crippen molar-refractivity contribution in [2.75, 3.05) is 26.4 Å². The third kappa shape index (κ3) is 5.82. The van der Waals surface area contributed by atoms with Crippen LogP contribution in [0.15, 0.2) is 0 Å². The molecule has 0 fully saturated rings. The van der Waals surface area contributed by atoms with Crippen LogP contribution in [-0.2, 0) is 0 Å². The summed E-state index contributed by atoms with van der Waals surface area (Å²) in [5, 5.41) is 1.61. The monoisotopic (exact) mass is 110 g/mol. The fourth-order valence-electron chi connectivity index (χ4n) is 0.299. The van der Waals surface area contributed by atoms with E-state index in [4.69, 9.17) is 0 Å². The number of quaternary nitrogens is 1. The first kappa shape index (κ1) is 6.82. The molecule has 0 aliphatic carbocycles. The second-order valence-corrected chi connectivity index (χ2v) is 1.24. The van der Waals surface area contributed by atoms with Crippen LogP contribution in [0.2, 0.25) is 0 Å². The highest BCUT2D eigenvalue weighted by Gasteiger charge is 1.84. The fourth-order valence-corrected chi connectivity index (χ4v) is 0.299. The van der Waals surface area contributed by atoms with Gasteiger partial charge in [-0.1, -0.05) is 0 Å². The van der Waals surface area contributed by atoms with Gasteiger partial charge in [-0.2, -0.15) is 0 Å². The number of hydrogen-bond donors (Lipinski definition) is 1. The summed E-state index contributed by atoms with van der Waals surface area (Å²) in [6.07, 6.45) is 0. The first-order chi connectivity index (χ1) is 3.41. The van der Waals surface area contributed by atoms with Gasteiger partial charge in [-0.15, -0.1) is 0 Å². The van der Waals surface area contributed by atoms with E-state index in [9.17, 15) is 8.78 Å². The Balaban J connectivity index is 2.45. The van der Waals surface area contributed by atoms with Crippen molar-refractivity contribution >= 4 is 0 Å². The van der Waals surface area contributed by atoms with Gasteiger partial charge in [-0.3, -0.25) is 0 Å². The van der Waals surface area contributed by atoms with E-state index in [1.54, 1.807) is 5.32 Å². The van der Waals surface area contributed by atoms with Crippen LogP contribution in [-0.4, -0.2) is 26.4 Å². The van der Waals surface area contributed by atoms with Crippen molar-refractivity contribution in [3.8, 4) is 0 Å². The lowest BCUT2D eigenvalue weighted by molar-refractivity contribution is -0.654. The minimum atomic E-state index is -0.361. The van der Waals surface area contributed by atoms with E-state index in [-0.39, 0.29) is 13.3 Å². The van der Waals surface area contributed by atoms with Crippen LogP contribution >= 0.6 is 0 Å². The summed E-state index contributed by atoms with van der Waals surface area (Å²) in [7, 11) is 0.